The normalized spacial score (nSPS) is 19.7. The van der Waals surface area contributed by atoms with Gasteiger partial charge in [0, 0.05) is 26.2 Å². The van der Waals surface area contributed by atoms with Crippen LogP contribution >= 0.6 is 0 Å². The maximum atomic E-state index is 5.57. The summed E-state index contributed by atoms with van der Waals surface area (Å²) in [7, 11) is 0. The first-order valence-electron chi connectivity index (χ1n) is 6.36. The predicted octanol–water partition coefficient (Wildman–Crippen LogP) is 1.05. The zero-order chi connectivity index (χ0) is 11.9. The third-order valence-corrected chi connectivity index (χ3v) is 2.88. The van der Waals surface area contributed by atoms with Gasteiger partial charge in [0.15, 0.2) is 5.75 Å². The van der Waals surface area contributed by atoms with Crippen molar-refractivity contribution in [3.63, 3.8) is 0 Å². The van der Waals surface area contributed by atoms with Crippen LogP contribution in [-0.4, -0.2) is 42.2 Å². The maximum absolute atomic E-state index is 5.57. The van der Waals surface area contributed by atoms with E-state index in [-0.39, 0.29) is 0 Å². The van der Waals surface area contributed by atoms with Crippen molar-refractivity contribution in [3.05, 3.63) is 12.4 Å². The number of nitrogens with one attached hydrogen (secondary N) is 1. The molecule has 5 heteroatoms. The molecule has 1 fully saturated rings. The lowest BCUT2D eigenvalue weighted by Crippen LogP contribution is -2.29. The molecule has 2 rings (SSSR count). The molecule has 1 atom stereocenters. The molecular weight excluding hydrogens is 218 g/mol. The van der Waals surface area contributed by atoms with Gasteiger partial charge in [-0.25, -0.2) is 0 Å². The molecule has 0 aliphatic carbocycles. The summed E-state index contributed by atoms with van der Waals surface area (Å²) in [5.74, 6) is 0.839. The van der Waals surface area contributed by atoms with Crippen molar-refractivity contribution in [2.75, 3.05) is 26.3 Å². The third kappa shape index (κ3) is 4.02. The molecular formula is C12H21N3O2. The van der Waals surface area contributed by atoms with Crippen molar-refractivity contribution in [1.82, 2.24) is 15.1 Å². The minimum absolute atomic E-state index is 0.401. The first-order valence-corrected chi connectivity index (χ1v) is 6.36. The Balaban J connectivity index is 1.53. The van der Waals surface area contributed by atoms with E-state index in [1.54, 1.807) is 6.20 Å². The van der Waals surface area contributed by atoms with Gasteiger partial charge < -0.3 is 14.8 Å². The summed E-state index contributed by atoms with van der Waals surface area (Å²) in [4.78, 5) is 0. The lowest BCUT2D eigenvalue weighted by Gasteiger charge is -2.10. The molecule has 0 amide bonds. The van der Waals surface area contributed by atoms with Gasteiger partial charge in [-0.1, -0.05) is 0 Å². The molecule has 1 unspecified atom stereocenters. The standard InChI is InChI=1S/C12H21N3O2/c1-2-15-10-12(9-14-15)17-7-5-13-8-11-4-3-6-16-11/h9-11,13H,2-8H2,1H3. The fourth-order valence-electron chi connectivity index (χ4n) is 1.90. The summed E-state index contributed by atoms with van der Waals surface area (Å²) in [6.45, 7) is 6.29. The number of aromatic nitrogens is 2. The molecule has 96 valence electrons. The monoisotopic (exact) mass is 239 g/mol. The second-order valence-electron chi connectivity index (χ2n) is 4.22. The van der Waals surface area contributed by atoms with Crippen LogP contribution in [0.25, 0.3) is 0 Å². The second kappa shape index (κ2) is 6.61. The van der Waals surface area contributed by atoms with Gasteiger partial charge in [-0.3, -0.25) is 4.68 Å². The molecule has 0 spiro atoms. The molecule has 1 N–H and O–H groups in total. The highest BCUT2D eigenvalue weighted by Gasteiger charge is 2.14. The highest BCUT2D eigenvalue weighted by Crippen LogP contribution is 2.10. The number of hydrogen-bond donors (Lipinski definition) is 1. The van der Waals surface area contributed by atoms with Crippen LogP contribution in [0.3, 0.4) is 0 Å². The minimum Gasteiger partial charge on any atom is -0.489 e. The van der Waals surface area contributed by atoms with E-state index in [1.807, 2.05) is 10.9 Å². The zero-order valence-corrected chi connectivity index (χ0v) is 10.4. The zero-order valence-electron chi connectivity index (χ0n) is 10.4. The smallest absolute Gasteiger partial charge is 0.157 e. The predicted molar refractivity (Wildman–Crippen MR) is 65.2 cm³/mol. The third-order valence-electron chi connectivity index (χ3n) is 2.88. The fraction of sp³-hybridized carbons (Fsp3) is 0.750. The van der Waals surface area contributed by atoms with Gasteiger partial charge >= 0.3 is 0 Å². The highest BCUT2D eigenvalue weighted by atomic mass is 16.5. The van der Waals surface area contributed by atoms with E-state index in [0.717, 1.165) is 32.0 Å². The molecule has 0 saturated carbocycles. The molecule has 2 heterocycles. The lowest BCUT2D eigenvalue weighted by atomic mass is 10.2. The Morgan fingerprint density at radius 1 is 1.65 bits per heavy atom. The van der Waals surface area contributed by atoms with Gasteiger partial charge in [0.25, 0.3) is 0 Å². The van der Waals surface area contributed by atoms with Gasteiger partial charge in [0.05, 0.1) is 18.5 Å². The Morgan fingerprint density at radius 3 is 3.29 bits per heavy atom. The Morgan fingerprint density at radius 2 is 2.59 bits per heavy atom. The summed E-state index contributed by atoms with van der Waals surface area (Å²) >= 11 is 0. The topological polar surface area (TPSA) is 48.3 Å². The van der Waals surface area contributed by atoms with Crippen LogP contribution in [0.15, 0.2) is 12.4 Å². The van der Waals surface area contributed by atoms with E-state index in [2.05, 4.69) is 17.3 Å². The van der Waals surface area contributed by atoms with Crippen LogP contribution in [-0.2, 0) is 11.3 Å². The van der Waals surface area contributed by atoms with Crippen LogP contribution in [0.5, 0.6) is 5.75 Å². The second-order valence-corrected chi connectivity index (χ2v) is 4.22. The molecule has 0 bridgehead atoms. The summed E-state index contributed by atoms with van der Waals surface area (Å²) in [5, 5.41) is 7.49. The summed E-state index contributed by atoms with van der Waals surface area (Å²) < 4.78 is 12.9. The first-order chi connectivity index (χ1) is 8.38. The van der Waals surface area contributed by atoms with Crippen LogP contribution in [0.1, 0.15) is 19.8 Å². The molecule has 1 aliphatic heterocycles. The largest absolute Gasteiger partial charge is 0.489 e. The average Bonchev–Trinajstić information content (AvgIpc) is 2.99. The van der Waals surface area contributed by atoms with Gasteiger partial charge in [-0.05, 0) is 19.8 Å². The van der Waals surface area contributed by atoms with Gasteiger partial charge in [0.1, 0.15) is 6.61 Å². The molecule has 5 nitrogen and oxygen atoms in total. The van der Waals surface area contributed by atoms with Crippen LogP contribution < -0.4 is 10.1 Å². The Kier molecular flexibility index (Phi) is 4.82. The van der Waals surface area contributed by atoms with E-state index in [4.69, 9.17) is 9.47 Å². The highest BCUT2D eigenvalue weighted by molar-refractivity contribution is 5.11. The van der Waals surface area contributed by atoms with Crippen LogP contribution in [0, 0.1) is 0 Å². The Hall–Kier alpha value is -1.07. The molecule has 1 aliphatic rings. The summed E-state index contributed by atoms with van der Waals surface area (Å²) in [6.07, 6.45) is 6.44. The SMILES string of the molecule is CCn1cc(OCCNCC2CCCO2)cn1. The van der Waals surface area contributed by atoms with Crippen LogP contribution in [0.2, 0.25) is 0 Å². The van der Waals surface area contributed by atoms with Crippen molar-refractivity contribution in [2.24, 2.45) is 0 Å². The van der Waals surface area contributed by atoms with E-state index in [0.29, 0.717) is 12.7 Å². The fourth-order valence-corrected chi connectivity index (χ4v) is 1.90. The number of nitrogens with zero attached hydrogens (tertiary/aromatic N) is 2. The quantitative estimate of drug-likeness (QED) is 0.723. The Bertz CT molecular complexity index is 321. The van der Waals surface area contributed by atoms with Crippen molar-refractivity contribution in [2.45, 2.75) is 32.4 Å². The van der Waals surface area contributed by atoms with Crippen molar-refractivity contribution in [3.8, 4) is 5.75 Å². The average molecular weight is 239 g/mol. The van der Waals surface area contributed by atoms with E-state index in [1.165, 1.54) is 12.8 Å². The lowest BCUT2D eigenvalue weighted by molar-refractivity contribution is 0.109. The van der Waals surface area contributed by atoms with Crippen LogP contribution in [0.4, 0.5) is 0 Å². The molecule has 0 aromatic carbocycles. The summed E-state index contributed by atoms with van der Waals surface area (Å²) in [6, 6.07) is 0. The molecule has 1 saturated heterocycles. The maximum Gasteiger partial charge on any atom is 0.157 e. The van der Waals surface area contributed by atoms with Gasteiger partial charge in [-0.2, -0.15) is 5.10 Å². The Labute approximate surface area is 102 Å². The number of ether oxygens (including phenoxy) is 2. The molecule has 17 heavy (non-hydrogen) atoms. The molecule has 1 aromatic heterocycles. The van der Waals surface area contributed by atoms with E-state index in [9.17, 15) is 0 Å². The number of aryl methyl sites for hydroxylation is 1. The summed E-state index contributed by atoms with van der Waals surface area (Å²) in [5.41, 5.74) is 0. The van der Waals surface area contributed by atoms with Crippen molar-refractivity contribution in [1.29, 1.82) is 0 Å². The van der Waals surface area contributed by atoms with E-state index >= 15 is 0 Å². The number of rotatable bonds is 7. The van der Waals surface area contributed by atoms with E-state index < -0.39 is 0 Å². The number of hydrogen-bond acceptors (Lipinski definition) is 4. The minimum atomic E-state index is 0.401. The van der Waals surface area contributed by atoms with Crippen molar-refractivity contribution < 1.29 is 9.47 Å². The first kappa shape index (κ1) is 12.4. The molecule has 0 radical (unpaired) electrons. The van der Waals surface area contributed by atoms with Gasteiger partial charge in [-0.15, -0.1) is 0 Å². The van der Waals surface area contributed by atoms with Gasteiger partial charge in [0.2, 0.25) is 0 Å². The van der Waals surface area contributed by atoms with Crippen molar-refractivity contribution >= 4 is 0 Å². The molecule has 1 aromatic rings.